The normalized spacial score (nSPS) is 11.9. The maximum absolute atomic E-state index is 12.5. The topological polar surface area (TPSA) is 59.1 Å². The first-order valence-corrected chi connectivity index (χ1v) is 10.3. The summed E-state index contributed by atoms with van der Waals surface area (Å²) >= 11 is 1.60. The van der Waals surface area contributed by atoms with Gasteiger partial charge in [-0.3, -0.25) is 9.00 Å². The molecule has 2 aromatic carbocycles. The zero-order valence-corrected chi connectivity index (χ0v) is 15.6. The number of anilines is 1. The molecular formula is C19H18N2O2S2. The SMILES string of the molecule is Cc1nc(-c2cccc(NC(=O)c3cccc(CS(C)=O)c3)c2)cs1. The number of nitrogens with zero attached hydrogens (tertiary/aromatic N) is 1. The lowest BCUT2D eigenvalue weighted by atomic mass is 10.1. The van der Waals surface area contributed by atoms with Crippen molar-refractivity contribution >= 4 is 33.7 Å². The van der Waals surface area contributed by atoms with Gasteiger partial charge in [0.15, 0.2) is 0 Å². The van der Waals surface area contributed by atoms with Gasteiger partial charge >= 0.3 is 0 Å². The van der Waals surface area contributed by atoms with Gasteiger partial charge in [-0.05, 0) is 36.8 Å². The average molecular weight is 370 g/mol. The summed E-state index contributed by atoms with van der Waals surface area (Å²) in [4.78, 5) is 17.0. The molecule has 1 unspecified atom stereocenters. The average Bonchev–Trinajstić information content (AvgIpc) is 3.01. The fraction of sp³-hybridized carbons (Fsp3) is 0.158. The fourth-order valence-corrected chi connectivity index (χ4v) is 3.76. The molecule has 1 aromatic heterocycles. The number of aromatic nitrogens is 1. The minimum Gasteiger partial charge on any atom is -0.322 e. The van der Waals surface area contributed by atoms with E-state index < -0.39 is 10.8 Å². The molecule has 1 heterocycles. The number of benzene rings is 2. The van der Waals surface area contributed by atoms with E-state index in [1.807, 2.05) is 48.7 Å². The molecule has 25 heavy (non-hydrogen) atoms. The molecule has 0 aliphatic heterocycles. The molecule has 128 valence electrons. The van der Waals surface area contributed by atoms with E-state index in [-0.39, 0.29) is 5.91 Å². The van der Waals surface area contributed by atoms with Gasteiger partial charge < -0.3 is 5.32 Å². The number of hydrogen-bond donors (Lipinski definition) is 1. The van der Waals surface area contributed by atoms with Gasteiger partial charge in [-0.25, -0.2) is 4.98 Å². The number of nitrogens with one attached hydrogen (secondary N) is 1. The van der Waals surface area contributed by atoms with Gasteiger partial charge in [-0.1, -0.05) is 24.3 Å². The molecule has 6 heteroatoms. The van der Waals surface area contributed by atoms with Gasteiger partial charge in [-0.2, -0.15) is 0 Å². The maximum Gasteiger partial charge on any atom is 0.255 e. The summed E-state index contributed by atoms with van der Waals surface area (Å²) in [6, 6.07) is 14.9. The lowest BCUT2D eigenvalue weighted by molar-refractivity contribution is 0.102. The smallest absolute Gasteiger partial charge is 0.255 e. The van der Waals surface area contributed by atoms with Crippen molar-refractivity contribution in [1.82, 2.24) is 4.98 Å². The van der Waals surface area contributed by atoms with Crippen LogP contribution >= 0.6 is 11.3 Å². The van der Waals surface area contributed by atoms with E-state index in [0.29, 0.717) is 11.3 Å². The first kappa shape index (κ1) is 17.5. The number of amides is 1. The zero-order valence-electron chi connectivity index (χ0n) is 14.0. The van der Waals surface area contributed by atoms with Gasteiger partial charge in [0.25, 0.3) is 5.91 Å². The number of thiazole rings is 1. The second-order valence-electron chi connectivity index (χ2n) is 5.70. The molecule has 1 amide bonds. The third-order valence-electron chi connectivity index (χ3n) is 3.59. The maximum atomic E-state index is 12.5. The van der Waals surface area contributed by atoms with Gasteiger partial charge in [0.2, 0.25) is 0 Å². The molecule has 1 atom stereocenters. The summed E-state index contributed by atoms with van der Waals surface area (Å²) < 4.78 is 11.4. The molecule has 0 saturated heterocycles. The predicted octanol–water partition coefficient (Wildman–Crippen LogP) is 4.25. The van der Waals surface area contributed by atoms with Crippen molar-refractivity contribution < 1.29 is 9.00 Å². The van der Waals surface area contributed by atoms with Crippen molar-refractivity contribution in [2.24, 2.45) is 0 Å². The second kappa shape index (κ2) is 7.72. The Hall–Kier alpha value is -2.31. The molecular weight excluding hydrogens is 352 g/mol. The third-order valence-corrected chi connectivity index (χ3v) is 5.11. The second-order valence-corrected chi connectivity index (χ2v) is 8.20. The summed E-state index contributed by atoms with van der Waals surface area (Å²) in [5, 5.41) is 5.93. The van der Waals surface area contributed by atoms with E-state index in [1.54, 1.807) is 29.7 Å². The lowest BCUT2D eigenvalue weighted by Gasteiger charge is -2.08. The van der Waals surface area contributed by atoms with Crippen LogP contribution in [-0.2, 0) is 16.6 Å². The highest BCUT2D eigenvalue weighted by Gasteiger charge is 2.09. The number of carbonyl (C=O) groups is 1. The fourth-order valence-electron chi connectivity index (χ4n) is 2.49. The molecule has 0 radical (unpaired) electrons. The Morgan fingerprint density at radius 2 is 2.00 bits per heavy atom. The summed E-state index contributed by atoms with van der Waals surface area (Å²) in [6.07, 6.45) is 1.65. The number of hydrogen-bond acceptors (Lipinski definition) is 4. The predicted molar refractivity (Wildman–Crippen MR) is 104 cm³/mol. The van der Waals surface area contributed by atoms with Crippen molar-refractivity contribution in [3.8, 4) is 11.3 Å². The van der Waals surface area contributed by atoms with Gasteiger partial charge in [0.05, 0.1) is 10.7 Å². The van der Waals surface area contributed by atoms with Crippen LogP contribution < -0.4 is 5.32 Å². The van der Waals surface area contributed by atoms with Crippen LogP contribution in [0.2, 0.25) is 0 Å². The first-order valence-electron chi connectivity index (χ1n) is 7.74. The first-order chi connectivity index (χ1) is 12.0. The minimum absolute atomic E-state index is 0.185. The quantitative estimate of drug-likeness (QED) is 0.730. The molecule has 0 aliphatic carbocycles. The molecule has 1 N–H and O–H groups in total. The Bertz CT molecular complexity index is 934. The van der Waals surface area contributed by atoms with Gasteiger partial charge in [-0.15, -0.1) is 11.3 Å². The summed E-state index contributed by atoms with van der Waals surface area (Å²) in [6.45, 7) is 1.97. The number of rotatable bonds is 5. The third kappa shape index (κ3) is 4.61. The Morgan fingerprint density at radius 1 is 1.20 bits per heavy atom. The Kier molecular flexibility index (Phi) is 5.40. The van der Waals surface area contributed by atoms with E-state index >= 15 is 0 Å². The van der Waals surface area contributed by atoms with E-state index in [2.05, 4.69) is 10.3 Å². The monoisotopic (exact) mass is 370 g/mol. The van der Waals surface area contributed by atoms with Crippen LogP contribution in [0.5, 0.6) is 0 Å². The van der Waals surface area contributed by atoms with Crippen molar-refractivity contribution in [3.63, 3.8) is 0 Å². The van der Waals surface area contributed by atoms with Crippen molar-refractivity contribution in [2.45, 2.75) is 12.7 Å². The molecule has 3 aromatic rings. The van der Waals surface area contributed by atoms with E-state index in [1.165, 1.54) is 0 Å². The van der Waals surface area contributed by atoms with Crippen molar-refractivity contribution in [2.75, 3.05) is 11.6 Å². The van der Waals surface area contributed by atoms with Crippen molar-refractivity contribution in [1.29, 1.82) is 0 Å². The van der Waals surface area contributed by atoms with E-state index in [0.717, 1.165) is 27.5 Å². The van der Waals surface area contributed by atoms with Crippen molar-refractivity contribution in [3.05, 3.63) is 70.0 Å². The molecule has 4 nitrogen and oxygen atoms in total. The Labute approximate surface area is 153 Å². The van der Waals surface area contributed by atoms with Gasteiger partial charge in [0.1, 0.15) is 0 Å². The van der Waals surface area contributed by atoms with Crippen LogP contribution in [0.25, 0.3) is 11.3 Å². The lowest BCUT2D eigenvalue weighted by Crippen LogP contribution is -2.12. The summed E-state index contributed by atoms with van der Waals surface area (Å²) in [5.41, 5.74) is 4.04. The highest BCUT2D eigenvalue weighted by atomic mass is 32.2. The minimum atomic E-state index is -0.936. The standard InChI is InChI=1S/C19H18N2O2S2/c1-13-20-18(11-24-13)15-6-4-8-17(10-15)21-19(22)16-7-3-5-14(9-16)12-25(2)23/h3-11H,12H2,1-2H3,(H,21,22). The zero-order chi connectivity index (χ0) is 17.8. The largest absolute Gasteiger partial charge is 0.322 e. The summed E-state index contributed by atoms with van der Waals surface area (Å²) in [5.74, 6) is 0.259. The Balaban J connectivity index is 1.78. The number of aryl methyl sites for hydroxylation is 1. The van der Waals surface area contributed by atoms with Crippen LogP contribution in [0.15, 0.2) is 53.9 Å². The van der Waals surface area contributed by atoms with Crippen LogP contribution in [0.1, 0.15) is 20.9 Å². The van der Waals surface area contributed by atoms with Crippen LogP contribution in [0, 0.1) is 6.92 Å². The Morgan fingerprint density at radius 3 is 2.72 bits per heavy atom. The highest BCUT2D eigenvalue weighted by Crippen LogP contribution is 2.24. The molecule has 0 aliphatic rings. The summed E-state index contributed by atoms with van der Waals surface area (Å²) in [7, 11) is -0.936. The molecule has 3 rings (SSSR count). The van der Waals surface area contributed by atoms with E-state index in [9.17, 15) is 9.00 Å². The van der Waals surface area contributed by atoms with Gasteiger partial charge in [0, 0.05) is 45.0 Å². The van der Waals surface area contributed by atoms with Crippen LogP contribution in [-0.4, -0.2) is 21.4 Å². The van der Waals surface area contributed by atoms with Crippen LogP contribution in [0.3, 0.4) is 0 Å². The molecule has 0 bridgehead atoms. The molecule has 0 saturated carbocycles. The molecule has 0 spiro atoms. The molecule has 0 fully saturated rings. The number of carbonyl (C=O) groups excluding carboxylic acids is 1. The van der Waals surface area contributed by atoms with E-state index in [4.69, 9.17) is 0 Å². The highest BCUT2D eigenvalue weighted by molar-refractivity contribution is 7.83. The van der Waals surface area contributed by atoms with Crippen LogP contribution in [0.4, 0.5) is 5.69 Å².